The highest BCUT2D eigenvalue weighted by Crippen LogP contribution is 2.13. The summed E-state index contributed by atoms with van der Waals surface area (Å²) in [6.45, 7) is 10.8. The zero-order valence-electron chi connectivity index (χ0n) is 12.9. The fourth-order valence-electron chi connectivity index (χ4n) is 3.00. The van der Waals surface area contributed by atoms with Crippen molar-refractivity contribution in [3.05, 3.63) is 0 Å². The van der Waals surface area contributed by atoms with Gasteiger partial charge in [-0.2, -0.15) is 0 Å². The summed E-state index contributed by atoms with van der Waals surface area (Å²) >= 11 is 0. The number of nitrogens with one attached hydrogen (secondary N) is 1. The van der Waals surface area contributed by atoms with E-state index < -0.39 is 0 Å². The summed E-state index contributed by atoms with van der Waals surface area (Å²) in [6, 6.07) is 1.47. The van der Waals surface area contributed by atoms with Crippen molar-refractivity contribution >= 4 is 0 Å². The summed E-state index contributed by atoms with van der Waals surface area (Å²) in [6.07, 6.45) is 11.0. The van der Waals surface area contributed by atoms with Crippen LogP contribution in [0.4, 0.5) is 0 Å². The van der Waals surface area contributed by atoms with Crippen LogP contribution in [0.25, 0.3) is 0 Å². The fourth-order valence-corrected chi connectivity index (χ4v) is 3.00. The molecule has 2 atom stereocenters. The predicted molar refractivity (Wildman–Crippen MR) is 81.1 cm³/mol. The second-order valence-corrected chi connectivity index (χ2v) is 5.98. The van der Waals surface area contributed by atoms with Gasteiger partial charge in [-0.1, -0.05) is 39.5 Å². The SMILES string of the molecule is CCCCCCC(C)NC1CCCN(CC)CC1. The van der Waals surface area contributed by atoms with Gasteiger partial charge in [-0.05, 0) is 52.2 Å². The van der Waals surface area contributed by atoms with E-state index in [0.29, 0.717) is 6.04 Å². The molecule has 1 rings (SSSR count). The monoisotopic (exact) mass is 254 g/mol. The van der Waals surface area contributed by atoms with Gasteiger partial charge in [0.25, 0.3) is 0 Å². The maximum absolute atomic E-state index is 3.85. The molecule has 0 aliphatic carbocycles. The molecule has 0 amide bonds. The first kappa shape index (κ1) is 16.0. The van der Waals surface area contributed by atoms with Crippen LogP contribution >= 0.6 is 0 Å². The quantitative estimate of drug-likeness (QED) is 0.663. The highest BCUT2D eigenvalue weighted by atomic mass is 15.1. The van der Waals surface area contributed by atoms with Crippen LogP contribution in [0.2, 0.25) is 0 Å². The number of unbranched alkanes of at least 4 members (excludes halogenated alkanes) is 3. The summed E-state index contributed by atoms with van der Waals surface area (Å²) < 4.78 is 0. The van der Waals surface area contributed by atoms with Crippen LogP contribution in [0.3, 0.4) is 0 Å². The van der Waals surface area contributed by atoms with E-state index in [4.69, 9.17) is 0 Å². The minimum atomic E-state index is 0.708. The van der Waals surface area contributed by atoms with Crippen molar-refractivity contribution in [1.29, 1.82) is 0 Å². The Morgan fingerprint density at radius 3 is 2.67 bits per heavy atom. The lowest BCUT2D eigenvalue weighted by atomic mass is 10.0. The van der Waals surface area contributed by atoms with E-state index in [1.165, 1.54) is 71.0 Å². The van der Waals surface area contributed by atoms with E-state index in [2.05, 4.69) is 31.0 Å². The van der Waals surface area contributed by atoms with Crippen LogP contribution in [0.5, 0.6) is 0 Å². The Morgan fingerprint density at radius 2 is 1.94 bits per heavy atom. The smallest absolute Gasteiger partial charge is 0.00821 e. The summed E-state index contributed by atoms with van der Waals surface area (Å²) in [5, 5.41) is 3.85. The first-order chi connectivity index (χ1) is 8.76. The van der Waals surface area contributed by atoms with Crippen LogP contribution in [-0.4, -0.2) is 36.6 Å². The maximum Gasteiger partial charge on any atom is 0.00821 e. The largest absolute Gasteiger partial charge is 0.311 e. The first-order valence-electron chi connectivity index (χ1n) is 8.24. The number of hydrogen-bond acceptors (Lipinski definition) is 2. The average molecular weight is 254 g/mol. The molecule has 0 saturated carbocycles. The minimum absolute atomic E-state index is 0.708. The van der Waals surface area contributed by atoms with E-state index in [0.717, 1.165) is 6.04 Å². The molecule has 0 spiro atoms. The van der Waals surface area contributed by atoms with Gasteiger partial charge in [-0.25, -0.2) is 0 Å². The van der Waals surface area contributed by atoms with Gasteiger partial charge in [0.1, 0.15) is 0 Å². The third-order valence-corrected chi connectivity index (χ3v) is 4.28. The van der Waals surface area contributed by atoms with E-state index >= 15 is 0 Å². The van der Waals surface area contributed by atoms with Gasteiger partial charge in [0.15, 0.2) is 0 Å². The molecule has 1 fully saturated rings. The van der Waals surface area contributed by atoms with Crippen LogP contribution in [-0.2, 0) is 0 Å². The Balaban J connectivity index is 2.12. The van der Waals surface area contributed by atoms with Gasteiger partial charge in [-0.15, -0.1) is 0 Å². The van der Waals surface area contributed by atoms with E-state index in [1.807, 2.05) is 0 Å². The van der Waals surface area contributed by atoms with Crippen molar-refractivity contribution in [1.82, 2.24) is 10.2 Å². The zero-order chi connectivity index (χ0) is 13.2. The van der Waals surface area contributed by atoms with E-state index in [9.17, 15) is 0 Å². The first-order valence-corrected chi connectivity index (χ1v) is 8.24. The van der Waals surface area contributed by atoms with Crippen LogP contribution in [0.1, 0.15) is 72.1 Å². The minimum Gasteiger partial charge on any atom is -0.311 e. The molecule has 0 aromatic rings. The molecule has 18 heavy (non-hydrogen) atoms. The second-order valence-electron chi connectivity index (χ2n) is 5.98. The van der Waals surface area contributed by atoms with Crippen LogP contribution < -0.4 is 5.32 Å². The second kappa shape index (κ2) is 9.80. The molecule has 2 unspecified atom stereocenters. The van der Waals surface area contributed by atoms with Gasteiger partial charge in [-0.3, -0.25) is 0 Å². The number of nitrogens with zero attached hydrogens (tertiary/aromatic N) is 1. The molecule has 1 saturated heterocycles. The zero-order valence-corrected chi connectivity index (χ0v) is 12.9. The van der Waals surface area contributed by atoms with Crippen molar-refractivity contribution in [2.75, 3.05) is 19.6 Å². The lowest BCUT2D eigenvalue weighted by Gasteiger charge is -2.22. The van der Waals surface area contributed by atoms with Gasteiger partial charge >= 0.3 is 0 Å². The normalized spacial score (nSPS) is 23.8. The van der Waals surface area contributed by atoms with Crippen molar-refractivity contribution in [2.24, 2.45) is 0 Å². The highest BCUT2D eigenvalue weighted by molar-refractivity contribution is 4.77. The molecule has 1 aliphatic rings. The molecule has 0 aromatic carbocycles. The topological polar surface area (TPSA) is 15.3 Å². The maximum atomic E-state index is 3.85. The van der Waals surface area contributed by atoms with Gasteiger partial charge in [0.2, 0.25) is 0 Å². The molecular formula is C16H34N2. The van der Waals surface area contributed by atoms with Crippen molar-refractivity contribution < 1.29 is 0 Å². The number of rotatable bonds is 8. The molecule has 2 heteroatoms. The molecule has 1 aliphatic heterocycles. The Bertz CT molecular complexity index is 194. The van der Waals surface area contributed by atoms with Crippen LogP contribution in [0, 0.1) is 0 Å². The Labute approximate surface area is 115 Å². The summed E-state index contributed by atoms with van der Waals surface area (Å²) in [5.74, 6) is 0. The molecule has 2 nitrogen and oxygen atoms in total. The van der Waals surface area contributed by atoms with Gasteiger partial charge in [0.05, 0.1) is 0 Å². The lowest BCUT2D eigenvalue weighted by Crippen LogP contribution is -2.37. The third-order valence-electron chi connectivity index (χ3n) is 4.28. The lowest BCUT2D eigenvalue weighted by molar-refractivity contribution is 0.295. The average Bonchev–Trinajstić information content (AvgIpc) is 2.60. The third kappa shape index (κ3) is 6.75. The number of hydrogen-bond donors (Lipinski definition) is 1. The summed E-state index contributed by atoms with van der Waals surface area (Å²) in [4.78, 5) is 2.59. The van der Waals surface area contributed by atoms with Gasteiger partial charge in [0, 0.05) is 12.1 Å². The summed E-state index contributed by atoms with van der Waals surface area (Å²) in [5.41, 5.74) is 0. The molecule has 0 aromatic heterocycles. The number of likely N-dealkylation sites (tertiary alicyclic amines) is 1. The van der Waals surface area contributed by atoms with Crippen molar-refractivity contribution in [2.45, 2.75) is 84.2 Å². The summed E-state index contributed by atoms with van der Waals surface area (Å²) in [7, 11) is 0. The Kier molecular flexibility index (Phi) is 8.70. The molecule has 1 N–H and O–H groups in total. The molecule has 108 valence electrons. The van der Waals surface area contributed by atoms with Crippen molar-refractivity contribution in [3.8, 4) is 0 Å². The van der Waals surface area contributed by atoms with E-state index in [-0.39, 0.29) is 0 Å². The van der Waals surface area contributed by atoms with Gasteiger partial charge < -0.3 is 10.2 Å². The Hall–Kier alpha value is -0.0800. The molecular weight excluding hydrogens is 220 g/mol. The van der Waals surface area contributed by atoms with Crippen molar-refractivity contribution in [3.63, 3.8) is 0 Å². The Morgan fingerprint density at radius 1 is 1.11 bits per heavy atom. The molecule has 0 bridgehead atoms. The molecule has 0 radical (unpaired) electrons. The molecule has 1 heterocycles. The van der Waals surface area contributed by atoms with Crippen LogP contribution in [0.15, 0.2) is 0 Å². The highest BCUT2D eigenvalue weighted by Gasteiger charge is 2.17. The predicted octanol–water partition coefficient (Wildman–Crippen LogP) is 3.81. The van der Waals surface area contributed by atoms with E-state index in [1.54, 1.807) is 0 Å². The fraction of sp³-hybridized carbons (Fsp3) is 1.00. The standard InChI is InChI=1S/C16H34N2/c1-4-6-7-8-10-15(3)17-16-11-9-13-18(5-2)14-12-16/h15-17H,4-14H2,1-3H3.